The number of ether oxygens (including phenoxy) is 1. The Hall–Kier alpha value is -1.62. The number of nitrogens with one attached hydrogen (secondary N) is 1. The lowest BCUT2D eigenvalue weighted by Crippen LogP contribution is -2.31. The minimum absolute atomic E-state index is 0.0120. The van der Waals surface area contributed by atoms with Gasteiger partial charge in [0.05, 0.1) is 6.61 Å². The summed E-state index contributed by atoms with van der Waals surface area (Å²) >= 11 is 0. The molecule has 0 unspecified atom stereocenters. The summed E-state index contributed by atoms with van der Waals surface area (Å²) in [7, 11) is 0. The number of pyridine rings is 1. The lowest BCUT2D eigenvalue weighted by Gasteiger charge is -2.11. The fourth-order valence-corrected chi connectivity index (χ4v) is 2.21. The summed E-state index contributed by atoms with van der Waals surface area (Å²) in [5.41, 5.74) is 0.821. The highest BCUT2D eigenvalue weighted by molar-refractivity contribution is 5.75. The predicted octanol–water partition coefficient (Wildman–Crippen LogP) is 0.700. The molecule has 1 saturated heterocycles. The van der Waals surface area contributed by atoms with Crippen molar-refractivity contribution in [3.8, 4) is 0 Å². The van der Waals surface area contributed by atoms with Gasteiger partial charge in [-0.05, 0) is 19.4 Å². The normalized spacial score (nSPS) is 18.5. The van der Waals surface area contributed by atoms with E-state index in [1.54, 1.807) is 10.6 Å². The van der Waals surface area contributed by atoms with Gasteiger partial charge in [0.15, 0.2) is 0 Å². The van der Waals surface area contributed by atoms with Gasteiger partial charge in [-0.1, -0.05) is 6.07 Å². The van der Waals surface area contributed by atoms with E-state index < -0.39 is 0 Å². The van der Waals surface area contributed by atoms with Gasteiger partial charge in [-0.3, -0.25) is 9.59 Å². The van der Waals surface area contributed by atoms with Gasteiger partial charge in [-0.25, -0.2) is 0 Å². The third-order valence-electron chi connectivity index (χ3n) is 3.44. The Morgan fingerprint density at radius 2 is 2.37 bits per heavy atom. The number of hydrogen-bond acceptors (Lipinski definition) is 3. The molecule has 5 heteroatoms. The Labute approximate surface area is 112 Å². The van der Waals surface area contributed by atoms with E-state index in [2.05, 4.69) is 5.32 Å². The summed E-state index contributed by atoms with van der Waals surface area (Å²) in [6.07, 6.45) is 1.34. The Bertz CT molecular complexity index is 490. The van der Waals surface area contributed by atoms with E-state index in [9.17, 15) is 9.59 Å². The lowest BCUT2D eigenvalue weighted by molar-refractivity contribution is -0.121. The smallest absolute Gasteiger partial charge is 0.250 e. The molecule has 5 nitrogen and oxygen atoms in total. The maximum atomic E-state index is 11.7. The first-order valence-electron chi connectivity index (χ1n) is 6.67. The van der Waals surface area contributed by atoms with E-state index in [4.69, 9.17) is 4.74 Å². The molecule has 0 bridgehead atoms. The summed E-state index contributed by atoms with van der Waals surface area (Å²) in [5, 5.41) is 2.90. The highest BCUT2D eigenvalue weighted by Crippen LogP contribution is 2.10. The predicted molar refractivity (Wildman–Crippen MR) is 72.0 cm³/mol. The van der Waals surface area contributed by atoms with Crippen LogP contribution in [0.2, 0.25) is 0 Å². The third-order valence-corrected chi connectivity index (χ3v) is 3.44. The fourth-order valence-electron chi connectivity index (χ4n) is 2.21. The molecule has 2 rings (SSSR count). The maximum absolute atomic E-state index is 11.7. The Kier molecular flexibility index (Phi) is 4.74. The van der Waals surface area contributed by atoms with E-state index in [1.165, 1.54) is 6.07 Å². The monoisotopic (exact) mass is 264 g/mol. The molecule has 1 aliphatic heterocycles. The average molecular weight is 264 g/mol. The summed E-state index contributed by atoms with van der Waals surface area (Å²) < 4.78 is 6.88. The highest BCUT2D eigenvalue weighted by Gasteiger charge is 2.16. The summed E-state index contributed by atoms with van der Waals surface area (Å²) in [6.45, 7) is 4.49. The molecule has 0 aromatic carbocycles. The summed E-state index contributed by atoms with van der Waals surface area (Å²) in [6, 6.07) is 5.12. The standard InChI is InChI=1S/C14H20N2O3/c1-11-3-2-4-14(18)16(11)7-5-13(17)15-9-12-6-8-19-10-12/h2-4,12H,5-10H2,1H3,(H,15,17)/t12-/m0/s1. The van der Waals surface area contributed by atoms with Gasteiger partial charge in [0.1, 0.15) is 0 Å². The van der Waals surface area contributed by atoms with Crippen LogP contribution in [0.1, 0.15) is 18.5 Å². The second-order valence-corrected chi connectivity index (χ2v) is 4.94. The van der Waals surface area contributed by atoms with Crippen LogP contribution in [-0.4, -0.2) is 30.2 Å². The van der Waals surface area contributed by atoms with Crippen LogP contribution >= 0.6 is 0 Å². The molecule has 19 heavy (non-hydrogen) atoms. The molecule has 0 spiro atoms. The number of hydrogen-bond donors (Lipinski definition) is 1. The molecule has 1 atom stereocenters. The molecule has 1 aromatic heterocycles. The molecule has 0 saturated carbocycles. The van der Waals surface area contributed by atoms with Crippen molar-refractivity contribution in [2.45, 2.75) is 26.3 Å². The largest absolute Gasteiger partial charge is 0.381 e. The molecule has 0 radical (unpaired) electrons. The van der Waals surface area contributed by atoms with Crippen LogP contribution < -0.4 is 10.9 Å². The first-order chi connectivity index (χ1) is 9.16. The second kappa shape index (κ2) is 6.52. The van der Waals surface area contributed by atoms with Crippen molar-refractivity contribution in [2.75, 3.05) is 19.8 Å². The van der Waals surface area contributed by atoms with Crippen molar-refractivity contribution in [3.63, 3.8) is 0 Å². The Balaban J connectivity index is 1.78. The van der Waals surface area contributed by atoms with Crippen LogP contribution in [0, 0.1) is 12.8 Å². The Morgan fingerprint density at radius 3 is 3.05 bits per heavy atom. The minimum atomic E-state index is -0.0583. The molecule has 1 amide bonds. The number of carbonyl (C=O) groups excluding carboxylic acids is 1. The van der Waals surface area contributed by atoms with E-state index >= 15 is 0 Å². The zero-order valence-electron chi connectivity index (χ0n) is 11.2. The molecule has 2 heterocycles. The number of carbonyl (C=O) groups is 1. The van der Waals surface area contributed by atoms with Crippen molar-refractivity contribution in [3.05, 3.63) is 34.2 Å². The second-order valence-electron chi connectivity index (χ2n) is 4.94. The van der Waals surface area contributed by atoms with Crippen LogP contribution in [0.4, 0.5) is 0 Å². The highest BCUT2D eigenvalue weighted by atomic mass is 16.5. The van der Waals surface area contributed by atoms with Crippen LogP contribution in [0.25, 0.3) is 0 Å². The summed E-state index contributed by atoms with van der Waals surface area (Å²) in [5.74, 6) is 0.423. The van der Waals surface area contributed by atoms with Crippen molar-refractivity contribution in [1.29, 1.82) is 0 Å². The molecular formula is C14H20N2O3. The number of rotatable bonds is 5. The molecular weight excluding hydrogens is 244 g/mol. The Morgan fingerprint density at radius 1 is 1.53 bits per heavy atom. The van der Waals surface area contributed by atoms with E-state index in [1.807, 2.05) is 13.0 Å². The van der Waals surface area contributed by atoms with Crippen LogP contribution in [-0.2, 0) is 16.1 Å². The van der Waals surface area contributed by atoms with Crippen LogP contribution in [0.15, 0.2) is 23.0 Å². The SMILES string of the molecule is Cc1cccc(=O)n1CCC(=O)NC[C@@H]1CCOC1. The number of aryl methyl sites for hydroxylation is 1. The van der Waals surface area contributed by atoms with E-state index in [0.29, 0.717) is 25.4 Å². The summed E-state index contributed by atoms with van der Waals surface area (Å²) in [4.78, 5) is 23.4. The molecule has 1 N–H and O–H groups in total. The van der Waals surface area contributed by atoms with Crippen molar-refractivity contribution in [1.82, 2.24) is 9.88 Å². The first kappa shape index (κ1) is 13.8. The zero-order chi connectivity index (χ0) is 13.7. The van der Waals surface area contributed by atoms with Crippen molar-refractivity contribution < 1.29 is 9.53 Å². The zero-order valence-corrected chi connectivity index (χ0v) is 11.2. The molecule has 104 valence electrons. The quantitative estimate of drug-likeness (QED) is 0.851. The fraction of sp³-hybridized carbons (Fsp3) is 0.571. The van der Waals surface area contributed by atoms with Crippen molar-refractivity contribution >= 4 is 5.91 Å². The van der Waals surface area contributed by atoms with Crippen LogP contribution in [0.5, 0.6) is 0 Å². The number of nitrogens with zero attached hydrogens (tertiary/aromatic N) is 1. The average Bonchev–Trinajstić information content (AvgIpc) is 2.89. The molecule has 0 aliphatic carbocycles. The van der Waals surface area contributed by atoms with Gasteiger partial charge < -0.3 is 14.6 Å². The third kappa shape index (κ3) is 3.92. The molecule has 1 aliphatic rings. The van der Waals surface area contributed by atoms with Gasteiger partial charge in [0.2, 0.25) is 5.91 Å². The lowest BCUT2D eigenvalue weighted by atomic mass is 10.1. The molecule has 1 fully saturated rings. The van der Waals surface area contributed by atoms with Gasteiger partial charge in [-0.2, -0.15) is 0 Å². The van der Waals surface area contributed by atoms with Crippen molar-refractivity contribution in [2.24, 2.45) is 5.92 Å². The van der Waals surface area contributed by atoms with Gasteiger partial charge in [0, 0.05) is 43.8 Å². The van der Waals surface area contributed by atoms with Gasteiger partial charge in [-0.15, -0.1) is 0 Å². The maximum Gasteiger partial charge on any atom is 0.250 e. The topological polar surface area (TPSA) is 60.3 Å². The molecule has 1 aromatic rings. The van der Waals surface area contributed by atoms with E-state index in [0.717, 1.165) is 25.3 Å². The van der Waals surface area contributed by atoms with E-state index in [-0.39, 0.29) is 11.5 Å². The van der Waals surface area contributed by atoms with Crippen LogP contribution in [0.3, 0.4) is 0 Å². The van der Waals surface area contributed by atoms with Gasteiger partial charge in [0.25, 0.3) is 5.56 Å². The number of aromatic nitrogens is 1. The van der Waals surface area contributed by atoms with Gasteiger partial charge >= 0.3 is 0 Å². The minimum Gasteiger partial charge on any atom is -0.381 e. The number of amides is 1. The first-order valence-corrected chi connectivity index (χ1v) is 6.67.